The number of esters is 4. The van der Waals surface area contributed by atoms with Gasteiger partial charge in [0.05, 0.1) is 26.4 Å². The monoisotopic (exact) mass is 1310 g/mol. The highest BCUT2D eigenvalue weighted by Crippen LogP contribution is 2.45. The highest BCUT2D eigenvalue weighted by molar-refractivity contribution is 7.47. The zero-order valence-corrected chi connectivity index (χ0v) is 59.7. The molecule has 0 aromatic heterocycles. The molecule has 0 aliphatic heterocycles. The molecule has 17 nitrogen and oxygen atoms in total. The van der Waals surface area contributed by atoms with E-state index < -0.39 is 97.5 Å². The summed E-state index contributed by atoms with van der Waals surface area (Å²) >= 11 is 0. The van der Waals surface area contributed by atoms with Gasteiger partial charge in [-0.05, 0) is 43.4 Å². The Morgan fingerprint density at radius 2 is 0.573 bits per heavy atom. The molecule has 19 heteroatoms. The molecule has 528 valence electrons. The summed E-state index contributed by atoms with van der Waals surface area (Å²) in [5.74, 6) is 0.159. The fraction of sp³-hybridized carbons (Fsp3) is 0.943. The van der Waals surface area contributed by atoms with E-state index >= 15 is 0 Å². The number of hydrogen-bond acceptors (Lipinski definition) is 15. The van der Waals surface area contributed by atoms with Crippen molar-refractivity contribution in [1.82, 2.24) is 0 Å². The van der Waals surface area contributed by atoms with Crippen LogP contribution in [0, 0.1) is 17.8 Å². The van der Waals surface area contributed by atoms with Gasteiger partial charge in [0.15, 0.2) is 12.2 Å². The first kappa shape index (κ1) is 87.1. The van der Waals surface area contributed by atoms with Crippen molar-refractivity contribution in [3.05, 3.63) is 0 Å². The van der Waals surface area contributed by atoms with Gasteiger partial charge in [-0.1, -0.05) is 299 Å². The Labute approximate surface area is 543 Å². The molecule has 0 radical (unpaired) electrons. The topological polar surface area (TPSA) is 237 Å². The molecule has 0 aromatic rings. The van der Waals surface area contributed by atoms with Crippen molar-refractivity contribution in [2.45, 2.75) is 369 Å². The van der Waals surface area contributed by atoms with Gasteiger partial charge in [0.2, 0.25) is 0 Å². The van der Waals surface area contributed by atoms with Gasteiger partial charge in [-0.2, -0.15) is 0 Å². The molecule has 0 bridgehead atoms. The molecular weight excluding hydrogens is 1170 g/mol. The second-order valence-electron chi connectivity index (χ2n) is 26.2. The largest absolute Gasteiger partial charge is 0.472 e. The van der Waals surface area contributed by atoms with E-state index in [1.165, 1.54) is 154 Å². The third kappa shape index (κ3) is 62.0. The van der Waals surface area contributed by atoms with E-state index in [9.17, 15) is 43.2 Å². The number of carbonyl (C=O) groups excluding carboxylic acids is 4. The number of rotatable bonds is 68. The third-order valence-corrected chi connectivity index (χ3v) is 18.8. The van der Waals surface area contributed by atoms with E-state index in [4.69, 9.17) is 37.0 Å². The van der Waals surface area contributed by atoms with Crippen LogP contribution in [0.5, 0.6) is 0 Å². The summed E-state index contributed by atoms with van der Waals surface area (Å²) in [4.78, 5) is 72.5. The van der Waals surface area contributed by atoms with Crippen LogP contribution in [-0.4, -0.2) is 96.7 Å². The normalized spacial score (nSPS) is 14.8. The predicted octanol–water partition coefficient (Wildman–Crippen LogP) is 19.8. The fourth-order valence-corrected chi connectivity index (χ4v) is 12.1. The van der Waals surface area contributed by atoms with Crippen LogP contribution < -0.4 is 0 Å². The molecule has 0 saturated heterocycles. The van der Waals surface area contributed by atoms with Gasteiger partial charge in [0.25, 0.3) is 0 Å². The average molecular weight is 1310 g/mol. The number of phosphoric ester groups is 2. The van der Waals surface area contributed by atoms with Crippen molar-refractivity contribution in [2.75, 3.05) is 39.6 Å². The Balaban J connectivity index is 5.27. The van der Waals surface area contributed by atoms with Gasteiger partial charge >= 0.3 is 39.5 Å². The van der Waals surface area contributed by atoms with Gasteiger partial charge in [0.1, 0.15) is 19.3 Å². The minimum Gasteiger partial charge on any atom is -0.462 e. The molecule has 0 heterocycles. The standard InChI is InChI=1S/C70H136O17P2/c1-8-11-12-13-14-15-16-20-23-30-39-46-53-69(74)87-66(58-81-68(73)52-45-38-33-32-36-43-50-63(7)10-3)60-85-89(78,79)83-56-64(71)55-82-88(76,77)84-59-65(57-80-67(72)51-44-37-29-26-25-28-35-42-49-62(6)9-2)86-70(75)54-47-40-31-24-21-18-17-19-22-27-34-41-48-61(4)5/h61-66,71H,8-60H2,1-7H3,(H,76,77)(H,78,79)/t62?,63?,64-,65-,66-/m1/s1. The van der Waals surface area contributed by atoms with Crippen molar-refractivity contribution < 1.29 is 80.2 Å². The fourth-order valence-electron chi connectivity index (χ4n) is 10.5. The van der Waals surface area contributed by atoms with Crippen molar-refractivity contribution in [3.8, 4) is 0 Å². The van der Waals surface area contributed by atoms with Crippen LogP contribution in [-0.2, 0) is 65.4 Å². The minimum atomic E-state index is -4.95. The summed E-state index contributed by atoms with van der Waals surface area (Å²) in [6.45, 7) is 11.8. The molecule has 0 aromatic carbocycles. The second-order valence-corrected chi connectivity index (χ2v) is 29.1. The maximum atomic E-state index is 13.0. The first-order valence-corrected chi connectivity index (χ1v) is 39.4. The van der Waals surface area contributed by atoms with Gasteiger partial charge < -0.3 is 33.8 Å². The van der Waals surface area contributed by atoms with Crippen molar-refractivity contribution in [3.63, 3.8) is 0 Å². The molecule has 4 unspecified atom stereocenters. The van der Waals surface area contributed by atoms with E-state index in [2.05, 4.69) is 48.5 Å². The molecule has 0 aliphatic rings. The van der Waals surface area contributed by atoms with Crippen LogP contribution in [0.25, 0.3) is 0 Å². The molecular formula is C70H136O17P2. The number of carbonyl (C=O) groups is 4. The van der Waals surface area contributed by atoms with Crippen LogP contribution in [0.3, 0.4) is 0 Å². The van der Waals surface area contributed by atoms with E-state index in [1.807, 2.05) is 0 Å². The summed E-state index contributed by atoms with van der Waals surface area (Å²) < 4.78 is 68.3. The lowest BCUT2D eigenvalue weighted by molar-refractivity contribution is -0.161. The third-order valence-electron chi connectivity index (χ3n) is 16.9. The average Bonchev–Trinajstić information content (AvgIpc) is 3.58. The lowest BCUT2D eigenvalue weighted by atomic mass is 9.99. The highest BCUT2D eigenvalue weighted by Gasteiger charge is 2.30. The zero-order valence-electron chi connectivity index (χ0n) is 57.9. The molecule has 89 heavy (non-hydrogen) atoms. The number of ether oxygens (including phenoxy) is 4. The lowest BCUT2D eigenvalue weighted by Crippen LogP contribution is -2.30. The summed E-state index contributed by atoms with van der Waals surface area (Å²) in [5.41, 5.74) is 0. The van der Waals surface area contributed by atoms with Crippen LogP contribution >= 0.6 is 15.6 Å². The number of aliphatic hydroxyl groups is 1. The molecule has 7 atom stereocenters. The Morgan fingerprint density at radius 3 is 0.854 bits per heavy atom. The van der Waals surface area contributed by atoms with Gasteiger partial charge in [-0.15, -0.1) is 0 Å². The van der Waals surface area contributed by atoms with Gasteiger partial charge in [0, 0.05) is 25.7 Å². The first-order valence-electron chi connectivity index (χ1n) is 36.4. The van der Waals surface area contributed by atoms with E-state index in [0.29, 0.717) is 25.7 Å². The number of unbranched alkanes of at least 4 members (excludes halogenated alkanes) is 34. The minimum absolute atomic E-state index is 0.106. The number of phosphoric acid groups is 2. The number of hydrogen-bond donors (Lipinski definition) is 3. The Kier molecular flexibility index (Phi) is 59.6. The summed E-state index contributed by atoms with van der Waals surface area (Å²) in [5, 5.41) is 10.6. The SMILES string of the molecule is CCCCCCCCCCCCCCC(=O)O[C@H](COC(=O)CCCCCCCCC(C)CC)COP(=O)(O)OC[C@H](O)COP(=O)(O)OC[C@@H](COC(=O)CCCCCCCCCCC(C)CC)OC(=O)CCCCCCCCCCCCCCC(C)C. The summed E-state index contributed by atoms with van der Waals surface area (Å²) in [6.07, 6.45) is 44.3. The Hall–Kier alpha value is -1.94. The maximum absolute atomic E-state index is 13.0. The predicted molar refractivity (Wildman–Crippen MR) is 358 cm³/mol. The van der Waals surface area contributed by atoms with Crippen LogP contribution in [0.4, 0.5) is 0 Å². The van der Waals surface area contributed by atoms with Crippen molar-refractivity contribution in [2.24, 2.45) is 17.8 Å². The molecule has 0 spiro atoms. The Bertz CT molecular complexity index is 1750. The maximum Gasteiger partial charge on any atom is 0.472 e. The molecule has 0 amide bonds. The second kappa shape index (κ2) is 61.0. The molecule has 0 saturated carbocycles. The first-order chi connectivity index (χ1) is 42.8. The quantitative estimate of drug-likeness (QED) is 0.0222. The van der Waals surface area contributed by atoms with Gasteiger partial charge in [-0.25, -0.2) is 9.13 Å². The van der Waals surface area contributed by atoms with Gasteiger partial charge in [-0.3, -0.25) is 37.3 Å². The lowest BCUT2D eigenvalue weighted by Gasteiger charge is -2.21. The molecule has 0 aliphatic carbocycles. The van der Waals surface area contributed by atoms with E-state index in [-0.39, 0.29) is 25.7 Å². The summed E-state index contributed by atoms with van der Waals surface area (Å²) in [7, 11) is -9.90. The highest BCUT2D eigenvalue weighted by atomic mass is 31.2. The molecule has 3 N–H and O–H groups in total. The molecule has 0 fully saturated rings. The van der Waals surface area contributed by atoms with Crippen LogP contribution in [0.1, 0.15) is 350 Å². The molecule has 0 rings (SSSR count). The number of aliphatic hydroxyl groups excluding tert-OH is 1. The summed E-state index contributed by atoms with van der Waals surface area (Å²) in [6, 6.07) is 0. The smallest absolute Gasteiger partial charge is 0.462 e. The van der Waals surface area contributed by atoms with Crippen molar-refractivity contribution >= 4 is 39.5 Å². The zero-order chi connectivity index (χ0) is 65.9. The van der Waals surface area contributed by atoms with E-state index in [1.54, 1.807) is 0 Å². The van der Waals surface area contributed by atoms with Crippen LogP contribution in [0.15, 0.2) is 0 Å². The van der Waals surface area contributed by atoms with Crippen molar-refractivity contribution in [1.29, 1.82) is 0 Å². The van der Waals surface area contributed by atoms with Crippen LogP contribution in [0.2, 0.25) is 0 Å². The van der Waals surface area contributed by atoms with E-state index in [0.717, 1.165) is 114 Å². The Morgan fingerprint density at radius 1 is 0.326 bits per heavy atom.